The molecule has 3 amide bonds. The van der Waals surface area contributed by atoms with E-state index in [0.29, 0.717) is 29.5 Å². The Hall–Kier alpha value is -3.29. The molecule has 1 fully saturated rings. The number of fused-ring (bicyclic) bond motifs is 3. The van der Waals surface area contributed by atoms with Gasteiger partial charge in [0.05, 0.1) is 12.6 Å². The predicted octanol–water partition coefficient (Wildman–Crippen LogP) is 2.59. The molecule has 0 spiro atoms. The van der Waals surface area contributed by atoms with Gasteiger partial charge in [0.2, 0.25) is 5.91 Å². The molecule has 3 heterocycles. The lowest BCUT2D eigenvalue weighted by Gasteiger charge is -2.33. The summed E-state index contributed by atoms with van der Waals surface area (Å²) in [4.78, 5) is 37.2. The second-order valence-corrected chi connectivity index (χ2v) is 7.79. The molecular weight excluding hydrogens is 373 g/mol. The molecule has 1 aromatic heterocycles. The molecule has 0 radical (unpaired) electrons. The average molecular weight is 393 g/mol. The van der Waals surface area contributed by atoms with Crippen molar-refractivity contribution in [3.05, 3.63) is 59.4 Å². The number of carbonyl (C=O) groups excluding carboxylic acids is 2. The molecular formula is C21H20FN5O2. The highest BCUT2D eigenvalue weighted by molar-refractivity contribution is 5.95. The van der Waals surface area contributed by atoms with Crippen molar-refractivity contribution in [3.8, 4) is 0 Å². The maximum atomic E-state index is 13.5. The first kappa shape index (κ1) is 17.8. The second kappa shape index (κ2) is 6.65. The lowest BCUT2D eigenvalue weighted by Crippen LogP contribution is -2.48. The molecule has 29 heavy (non-hydrogen) atoms. The number of likely N-dealkylation sites (tertiary alicyclic amines) is 1. The summed E-state index contributed by atoms with van der Waals surface area (Å²) < 4.78 is 13.5. The number of nitrogens with one attached hydrogen (secondary N) is 1. The van der Waals surface area contributed by atoms with Crippen LogP contribution in [0.15, 0.2) is 36.7 Å². The number of nitrogens with zero attached hydrogens (tertiary/aromatic N) is 4. The molecule has 2 aliphatic heterocycles. The van der Waals surface area contributed by atoms with E-state index in [-0.39, 0.29) is 36.9 Å². The molecule has 0 saturated carbocycles. The van der Waals surface area contributed by atoms with Crippen LogP contribution >= 0.6 is 0 Å². The van der Waals surface area contributed by atoms with E-state index >= 15 is 0 Å². The Morgan fingerprint density at radius 2 is 2.10 bits per heavy atom. The Balaban J connectivity index is 1.31. The quantitative estimate of drug-likeness (QED) is 0.870. The molecule has 2 bridgehead atoms. The molecule has 1 N–H and O–H groups in total. The van der Waals surface area contributed by atoms with Gasteiger partial charge in [-0.2, -0.15) is 0 Å². The van der Waals surface area contributed by atoms with Crippen molar-refractivity contribution in [2.75, 3.05) is 18.4 Å². The van der Waals surface area contributed by atoms with Crippen LogP contribution in [0.1, 0.15) is 23.4 Å². The van der Waals surface area contributed by atoms with Crippen LogP contribution in [-0.4, -0.2) is 50.8 Å². The average Bonchev–Trinajstić information content (AvgIpc) is 3.30. The van der Waals surface area contributed by atoms with Gasteiger partial charge in [-0.25, -0.2) is 19.2 Å². The largest absolute Gasteiger partial charge is 0.333 e. The summed E-state index contributed by atoms with van der Waals surface area (Å²) in [6.45, 7) is 2.66. The standard InChI is InChI=1S/C21H20FN5O2/c1-12-23-7-15(8-24-12)17-4-13-5-19(17)27(9-13)20(28)11-26-10-14-6-16(22)2-3-18(14)25-21(26)29/h2-4,6-8,13,19H,5,9-11H2,1H3,(H,25,29)/t13-,19-/m1/s1. The molecule has 7 nitrogen and oxygen atoms in total. The first-order valence-electron chi connectivity index (χ1n) is 9.62. The van der Waals surface area contributed by atoms with Crippen molar-refractivity contribution < 1.29 is 14.0 Å². The number of carbonyl (C=O) groups is 2. The summed E-state index contributed by atoms with van der Waals surface area (Å²) >= 11 is 0. The minimum atomic E-state index is -0.363. The molecule has 0 unspecified atom stereocenters. The van der Waals surface area contributed by atoms with Gasteiger partial charge in [0.25, 0.3) is 0 Å². The van der Waals surface area contributed by atoms with Gasteiger partial charge in [-0.15, -0.1) is 0 Å². The number of aryl methyl sites for hydroxylation is 1. The molecule has 5 rings (SSSR count). The van der Waals surface area contributed by atoms with Crippen LogP contribution in [0.2, 0.25) is 0 Å². The summed E-state index contributed by atoms with van der Waals surface area (Å²) in [5, 5.41) is 2.73. The van der Waals surface area contributed by atoms with Crippen LogP contribution in [0.25, 0.3) is 5.57 Å². The predicted molar refractivity (Wildman–Crippen MR) is 104 cm³/mol. The van der Waals surface area contributed by atoms with Crippen LogP contribution in [0.4, 0.5) is 14.9 Å². The fourth-order valence-corrected chi connectivity index (χ4v) is 4.42. The third kappa shape index (κ3) is 3.14. The number of aromatic nitrogens is 2. The Morgan fingerprint density at radius 3 is 2.86 bits per heavy atom. The number of urea groups is 1. The zero-order valence-electron chi connectivity index (χ0n) is 15.9. The Kier molecular flexibility index (Phi) is 4.08. The third-order valence-electron chi connectivity index (χ3n) is 5.83. The molecule has 1 saturated heterocycles. The van der Waals surface area contributed by atoms with Crippen molar-refractivity contribution in [3.63, 3.8) is 0 Å². The van der Waals surface area contributed by atoms with Gasteiger partial charge >= 0.3 is 6.03 Å². The van der Waals surface area contributed by atoms with E-state index in [4.69, 9.17) is 0 Å². The highest BCUT2D eigenvalue weighted by Gasteiger charge is 2.42. The van der Waals surface area contributed by atoms with Crippen molar-refractivity contribution in [1.82, 2.24) is 19.8 Å². The topological polar surface area (TPSA) is 78.4 Å². The molecule has 1 aromatic carbocycles. The number of rotatable bonds is 3. The highest BCUT2D eigenvalue weighted by atomic mass is 19.1. The number of benzene rings is 1. The zero-order valence-corrected chi connectivity index (χ0v) is 15.9. The smallest absolute Gasteiger partial charge is 0.322 e. The first-order chi connectivity index (χ1) is 14.0. The Labute approximate surface area is 167 Å². The minimum absolute atomic E-state index is 0.0172. The summed E-state index contributed by atoms with van der Waals surface area (Å²) in [5.74, 6) is 0.549. The van der Waals surface area contributed by atoms with E-state index in [1.165, 1.54) is 17.0 Å². The van der Waals surface area contributed by atoms with Crippen LogP contribution in [0.3, 0.4) is 0 Å². The van der Waals surface area contributed by atoms with E-state index in [1.54, 1.807) is 18.5 Å². The maximum Gasteiger partial charge on any atom is 0.322 e. The van der Waals surface area contributed by atoms with E-state index in [0.717, 1.165) is 17.6 Å². The fourth-order valence-electron chi connectivity index (χ4n) is 4.42. The Bertz CT molecular complexity index is 1040. The van der Waals surface area contributed by atoms with Gasteiger partial charge in [-0.05, 0) is 48.6 Å². The minimum Gasteiger partial charge on any atom is -0.333 e. The lowest BCUT2D eigenvalue weighted by molar-refractivity contribution is -0.132. The normalized spacial score (nSPS) is 22.4. The van der Waals surface area contributed by atoms with Crippen molar-refractivity contribution in [2.24, 2.45) is 5.92 Å². The van der Waals surface area contributed by atoms with E-state index in [2.05, 4.69) is 21.4 Å². The summed E-state index contributed by atoms with van der Waals surface area (Å²) in [7, 11) is 0. The van der Waals surface area contributed by atoms with E-state index in [9.17, 15) is 14.0 Å². The van der Waals surface area contributed by atoms with Crippen LogP contribution in [0.5, 0.6) is 0 Å². The lowest BCUT2D eigenvalue weighted by atomic mass is 10.0. The van der Waals surface area contributed by atoms with Gasteiger partial charge in [-0.1, -0.05) is 6.08 Å². The number of halogens is 1. The molecule has 2 aromatic rings. The fraction of sp³-hybridized carbons (Fsp3) is 0.333. The van der Waals surface area contributed by atoms with Gasteiger partial charge in [0, 0.05) is 30.2 Å². The highest BCUT2D eigenvalue weighted by Crippen LogP contribution is 2.41. The van der Waals surface area contributed by atoms with Crippen molar-refractivity contribution >= 4 is 23.2 Å². The van der Waals surface area contributed by atoms with Gasteiger partial charge in [-0.3, -0.25) is 4.79 Å². The monoisotopic (exact) mass is 393 g/mol. The summed E-state index contributed by atoms with van der Waals surface area (Å²) in [6, 6.07) is 3.88. The summed E-state index contributed by atoms with van der Waals surface area (Å²) in [6.07, 6.45) is 6.67. The summed E-state index contributed by atoms with van der Waals surface area (Å²) in [5.41, 5.74) is 3.26. The van der Waals surface area contributed by atoms with Crippen molar-refractivity contribution in [2.45, 2.75) is 25.9 Å². The third-order valence-corrected chi connectivity index (χ3v) is 5.83. The number of hydrogen-bond acceptors (Lipinski definition) is 4. The molecule has 1 aliphatic carbocycles. The molecule has 148 valence electrons. The van der Waals surface area contributed by atoms with Gasteiger partial charge in [0.1, 0.15) is 18.2 Å². The van der Waals surface area contributed by atoms with Crippen LogP contribution < -0.4 is 5.32 Å². The van der Waals surface area contributed by atoms with Gasteiger partial charge in [0.15, 0.2) is 0 Å². The van der Waals surface area contributed by atoms with Crippen LogP contribution in [-0.2, 0) is 11.3 Å². The number of hydrogen-bond donors (Lipinski definition) is 1. The molecule has 3 aliphatic rings. The van der Waals surface area contributed by atoms with Crippen molar-refractivity contribution in [1.29, 1.82) is 0 Å². The van der Waals surface area contributed by atoms with E-state index in [1.807, 2.05) is 11.8 Å². The maximum absolute atomic E-state index is 13.5. The SMILES string of the molecule is Cc1ncc(C2=C[C@@H]3C[C@H]2N(C(=O)CN2Cc4cc(F)ccc4NC2=O)C3)cn1. The van der Waals surface area contributed by atoms with E-state index < -0.39 is 0 Å². The Morgan fingerprint density at radius 1 is 1.31 bits per heavy atom. The number of amides is 3. The zero-order chi connectivity index (χ0) is 20.1. The first-order valence-corrected chi connectivity index (χ1v) is 9.62. The second-order valence-electron chi connectivity index (χ2n) is 7.79. The van der Waals surface area contributed by atoms with Crippen LogP contribution in [0, 0.1) is 18.7 Å². The molecule has 8 heteroatoms. The van der Waals surface area contributed by atoms with Gasteiger partial charge < -0.3 is 15.1 Å². The molecule has 2 atom stereocenters. The number of anilines is 1.